The monoisotopic (exact) mass is 187 g/mol. The van der Waals surface area contributed by atoms with E-state index in [4.69, 9.17) is 4.74 Å². The van der Waals surface area contributed by atoms with Gasteiger partial charge in [0.25, 0.3) is 0 Å². The third-order valence-electron chi connectivity index (χ3n) is 2.29. The summed E-state index contributed by atoms with van der Waals surface area (Å²) in [5.41, 5.74) is -0.508. The molecule has 0 rings (SSSR count). The van der Waals surface area contributed by atoms with E-state index >= 15 is 0 Å². The summed E-state index contributed by atoms with van der Waals surface area (Å²) in [6.07, 6.45) is 1.04. The van der Waals surface area contributed by atoms with Crippen molar-refractivity contribution in [2.24, 2.45) is 0 Å². The van der Waals surface area contributed by atoms with E-state index in [1.54, 1.807) is 0 Å². The molecule has 13 heavy (non-hydrogen) atoms. The summed E-state index contributed by atoms with van der Waals surface area (Å²) >= 11 is 0. The quantitative estimate of drug-likeness (QED) is 0.613. The fourth-order valence-corrected chi connectivity index (χ4v) is 1.08. The number of hydrogen-bond acceptors (Lipinski definition) is 3. The van der Waals surface area contributed by atoms with E-state index in [0.717, 1.165) is 13.0 Å². The fraction of sp³-hybridized carbons (Fsp3) is 0.900. The van der Waals surface area contributed by atoms with Gasteiger partial charge < -0.3 is 4.74 Å². The van der Waals surface area contributed by atoms with Crippen LogP contribution in [0.25, 0.3) is 0 Å². The third-order valence-corrected chi connectivity index (χ3v) is 2.29. The number of hydrogen-bond donors (Lipinski definition) is 0. The Morgan fingerprint density at radius 2 is 1.92 bits per heavy atom. The first-order chi connectivity index (χ1) is 5.96. The lowest BCUT2D eigenvalue weighted by Crippen LogP contribution is -2.49. The minimum absolute atomic E-state index is 0.147. The average molecular weight is 187 g/mol. The number of esters is 1. The van der Waals surface area contributed by atoms with Gasteiger partial charge in [0, 0.05) is 0 Å². The maximum atomic E-state index is 11.5. The predicted molar refractivity (Wildman–Crippen MR) is 53.6 cm³/mol. The Hall–Kier alpha value is -0.570. The zero-order chi connectivity index (χ0) is 10.5. The lowest BCUT2D eigenvalue weighted by atomic mass is 10.0. The topological polar surface area (TPSA) is 29.5 Å². The van der Waals surface area contributed by atoms with Crippen molar-refractivity contribution >= 4 is 5.97 Å². The van der Waals surface area contributed by atoms with Crippen molar-refractivity contribution in [3.63, 3.8) is 0 Å². The first-order valence-electron chi connectivity index (χ1n) is 4.85. The highest BCUT2D eigenvalue weighted by molar-refractivity contribution is 5.79. The minimum Gasteiger partial charge on any atom is -0.465 e. The summed E-state index contributed by atoms with van der Waals surface area (Å²) in [6.45, 7) is 9.06. The van der Waals surface area contributed by atoms with Gasteiger partial charge in [-0.25, -0.2) is 0 Å². The number of carbonyl (C=O) groups excluding carboxylic acids is 1. The van der Waals surface area contributed by atoms with Crippen LogP contribution in [-0.2, 0) is 9.53 Å². The van der Waals surface area contributed by atoms with Gasteiger partial charge in [-0.05, 0) is 40.8 Å². The van der Waals surface area contributed by atoms with Crippen molar-refractivity contribution in [2.75, 3.05) is 20.2 Å². The molecule has 0 N–H and O–H groups in total. The molecule has 0 aliphatic carbocycles. The van der Waals surface area contributed by atoms with Crippen LogP contribution >= 0.6 is 0 Å². The van der Waals surface area contributed by atoms with Gasteiger partial charge in [0.1, 0.15) is 5.54 Å². The molecule has 0 bridgehead atoms. The smallest absolute Gasteiger partial charge is 0.325 e. The molecule has 0 saturated carbocycles. The first kappa shape index (κ1) is 12.4. The molecule has 0 radical (unpaired) electrons. The van der Waals surface area contributed by atoms with E-state index in [9.17, 15) is 4.79 Å². The Bertz CT molecular complexity index is 166. The second-order valence-electron chi connectivity index (χ2n) is 3.70. The van der Waals surface area contributed by atoms with E-state index in [-0.39, 0.29) is 5.97 Å². The second kappa shape index (κ2) is 5.22. The fourth-order valence-electron chi connectivity index (χ4n) is 1.08. The average Bonchev–Trinajstić information content (AvgIpc) is 2.05. The molecule has 0 spiro atoms. The molecule has 3 nitrogen and oxygen atoms in total. The summed E-state index contributed by atoms with van der Waals surface area (Å²) in [7, 11) is 1.94. The molecule has 0 aromatic rings. The lowest BCUT2D eigenvalue weighted by Gasteiger charge is -2.32. The molecule has 0 amide bonds. The standard InChI is InChI=1S/C10H21NO2/c1-6-8-11(5)10(3,4)9(12)13-7-2/h6-8H2,1-5H3. The van der Waals surface area contributed by atoms with E-state index in [1.807, 2.05) is 32.7 Å². The normalized spacial score (nSPS) is 11.8. The summed E-state index contributed by atoms with van der Waals surface area (Å²) in [6, 6.07) is 0. The Labute approximate surface area is 81.1 Å². The molecule has 0 saturated heterocycles. The summed E-state index contributed by atoms with van der Waals surface area (Å²) in [4.78, 5) is 13.5. The summed E-state index contributed by atoms with van der Waals surface area (Å²) in [5.74, 6) is -0.147. The molecular formula is C10H21NO2. The van der Waals surface area contributed by atoms with Crippen LogP contribution in [0.2, 0.25) is 0 Å². The van der Waals surface area contributed by atoms with Crippen molar-refractivity contribution in [1.29, 1.82) is 0 Å². The summed E-state index contributed by atoms with van der Waals surface area (Å²) < 4.78 is 4.99. The van der Waals surface area contributed by atoms with Crippen molar-refractivity contribution < 1.29 is 9.53 Å². The largest absolute Gasteiger partial charge is 0.465 e. The van der Waals surface area contributed by atoms with Crippen molar-refractivity contribution in [3.8, 4) is 0 Å². The van der Waals surface area contributed by atoms with Gasteiger partial charge in [-0.15, -0.1) is 0 Å². The summed E-state index contributed by atoms with van der Waals surface area (Å²) in [5, 5.41) is 0. The number of nitrogens with zero attached hydrogens (tertiary/aromatic N) is 1. The van der Waals surface area contributed by atoms with Crippen LogP contribution in [0.1, 0.15) is 34.1 Å². The molecule has 0 unspecified atom stereocenters. The molecule has 0 aliphatic rings. The van der Waals surface area contributed by atoms with Crippen molar-refractivity contribution in [3.05, 3.63) is 0 Å². The lowest BCUT2D eigenvalue weighted by molar-refractivity contribution is -0.154. The molecule has 0 atom stereocenters. The Morgan fingerprint density at radius 3 is 2.31 bits per heavy atom. The van der Waals surface area contributed by atoms with Gasteiger partial charge in [-0.1, -0.05) is 6.92 Å². The van der Waals surface area contributed by atoms with Crippen LogP contribution in [0, 0.1) is 0 Å². The molecule has 0 fully saturated rings. The Kier molecular flexibility index (Phi) is 4.99. The third kappa shape index (κ3) is 3.35. The van der Waals surface area contributed by atoms with Gasteiger partial charge in [0.2, 0.25) is 0 Å². The molecule has 0 heterocycles. The molecular weight excluding hydrogens is 166 g/mol. The number of rotatable bonds is 5. The maximum Gasteiger partial charge on any atom is 0.325 e. The van der Waals surface area contributed by atoms with E-state index in [0.29, 0.717) is 6.61 Å². The SMILES string of the molecule is CCCN(C)C(C)(C)C(=O)OCC. The molecule has 0 aliphatic heterocycles. The van der Waals surface area contributed by atoms with Crippen LogP contribution in [0.15, 0.2) is 0 Å². The van der Waals surface area contributed by atoms with Crippen LogP contribution in [-0.4, -0.2) is 36.6 Å². The number of ether oxygens (including phenoxy) is 1. The van der Waals surface area contributed by atoms with E-state index in [2.05, 4.69) is 6.92 Å². The van der Waals surface area contributed by atoms with Gasteiger partial charge in [0.15, 0.2) is 0 Å². The highest BCUT2D eigenvalue weighted by Gasteiger charge is 2.32. The number of likely N-dealkylation sites (N-methyl/N-ethyl adjacent to an activating group) is 1. The predicted octanol–water partition coefficient (Wildman–Crippen LogP) is 1.67. The van der Waals surface area contributed by atoms with Gasteiger partial charge >= 0.3 is 5.97 Å². The second-order valence-corrected chi connectivity index (χ2v) is 3.70. The number of carbonyl (C=O) groups is 1. The van der Waals surface area contributed by atoms with Crippen LogP contribution < -0.4 is 0 Å². The Morgan fingerprint density at radius 1 is 1.38 bits per heavy atom. The van der Waals surface area contributed by atoms with E-state index < -0.39 is 5.54 Å². The maximum absolute atomic E-state index is 11.5. The highest BCUT2D eigenvalue weighted by Crippen LogP contribution is 2.14. The molecule has 0 aromatic heterocycles. The molecule has 3 heteroatoms. The van der Waals surface area contributed by atoms with Gasteiger partial charge in [-0.3, -0.25) is 9.69 Å². The van der Waals surface area contributed by atoms with Crippen LogP contribution in [0.5, 0.6) is 0 Å². The zero-order valence-corrected chi connectivity index (χ0v) is 9.39. The first-order valence-corrected chi connectivity index (χ1v) is 4.85. The minimum atomic E-state index is -0.508. The van der Waals surface area contributed by atoms with Gasteiger partial charge in [-0.2, -0.15) is 0 Å². The molecule has 78 valence electrons. The van der Waals surface area contributed by atoms with Crippen molar-refractivity contribution in [1.82, 2.24) is 4.90 Å². The van der Waals surface area contributed by atoms with Crippen molar-refractivity contribution in [2.45, 2.75) is 39.7 Å². The highest BCUT2D eigenvalue weighted by atomic mass is 16.5. The zero-order valence-electron chi connectivity index (χ0n) is 9.39. The molecule has 0 aromatic carbocycles. The van der Waals surface area contributed by atoms with Crippen LogP contribution in [0.3, 0.4) is 0 Å². The van der Waals surface area contributed by atoms with E-state index in [1.165, 1.54) is 0 Å². The Balaban J connectivity index is 4.26. The van der Waals surface area contributed by atoms with Gasteiger partial charge in [0.05, 0.1) is 6.61 Å². The van der Waals surface area contributed by atoms with Crippen LogP contribution in [0.4, 0.5) is 0 Å².